The lowest BCUT2D eigenvalue weighted by Crippen LogP contribution is -2.32. The van der Waals surface area contributed by atoms with Crippen molar-refractivity contribution in [1.29, 1.82) is 0 Å². The first kappa shape index (κ1) is 21.4. The summed E-state index contributed by atoms with van der Waals surface area (Å²) in [4.78, 5) is 11.6. The zero-order valence-corrected chi connectivity index (χ0v) is 15.8. The molecule has 22 heavy (non-hydrogen) atoms. The second-order valence-electron chi connectivity index (χ2n) is 7.30. The Morgan fingerprint density at radius 3 is 2.32 bits per heavy atom. The fourth-order valence-electron chi connectivity index (χ4n) is 2.08. The van der Waals surface area contributed by atoms with Crippen molar-refractivity contribution in [1.82, 2.24) is 5.32 Å². The lowest BCUT2D eigenvalue weighted by molar-refractivity contribution is -0.121. The van der Waals surface area contributed by atoms with E-state index in [4.69, 9.17) is 4.74 Å². The van der Waals surface area contributed by atoms with Crippen molar-refractivity contribution in [2.45, 2.75) is 60.5 Å². The van der Waals surface area contributed by atoms with E-state index in [9.17, 15) is 13.2 Å². The molecule has 0 aliphatic carbocycles. The maximum Gasteiger partial charge on any atom is 0.221 e. The third kappa shape index (κ3) is 12.0. The fourth-order valence-corrected chi connectivity index (χ4v) is 2.86. The van der Waals surface area contributed by atoms with Gasteiger partial charge >= 0.3 is 0 Å². The molecule has 0 aliphatic heterocycles. The normalized spacial score (nSPS) is 15.4. The highest BCUT2D eigenvalue weighted by atomic mass is 32.2. The van der Waals surface area contributed by atoms with Gasteiger partial charge in [-0.25, -0.2) is 8.42 Å². The van der Waals surface area contributed by atoms with Crippen LogP contribution < -0.4 is 5.32 Å². The molecule has 0 radical (unpaired) electrons. The van der Waals surface area contributed by atoms with Crippen LogP contribution in [0.2, 0.25) is 0 Å². The maximum absolute atomic E-state index is 11.6. The van der Waals surface area contributed by atoms with Crippen molar-refractivity contribution in [3.05, 3.63) is 0 Å². The van der Waals surface area contributed by atoms with E-state index in [2.05, 4.69) is 33.0 Å². The van der Waals surface area contributed by atoms with Crippen LogP contribution in [0.25, 0.3) is 0 Å². The van der Waals surface area contributed by atoms with Gasteiger partial charge in [-0.05, 0) is 24.7 Å². The van der Waals surface area contributed by atoms with Crippen LogP contribution in [0.1, 0.15) is 54.4 Å². The Labute approximate surface area is 136 Å². The van der Waals surface area contributed by atoms with Crippen molar-refractivity contribution in [3.8, 4) is 0 Å². The molecule has 0 aromatic rings. The minimum Gasteiger partial charge on any atom is -0.378 e. The van der Waals surface area contributed by atoms with Crippen molar-refractivity contribution in [2.24, 2.45) is 11.3 Å². The number of hydrogen-bond donors (Lipinski definition) is 1. The summed E-state index contributed by atoms with van der Waals surface area (Å²) in [6, 6.07) is 0. The van der Waals surface area contributed by atoms with E-state index < -0.39 is 9.84 Å². The lowest BCUT2D eigenvalue weighted by Gasteiger charge is -2.24. The summed E-state index contributed by atoms with van der Waals surface area (Å²) in [5, 5.41) is 2.77. The summed E-state index contributed by atoms with van der Waals surface area (Å²) in [5.41, 5.74) is 0.238. The Kier molecular flexibility index (Phi) is 9.24. The SMILES string of the molecule is CCS(=O)(=O)CCC(=O)NCC(C)COC(C)CC(C)(C)C. The zero-order chi connectivity index (χ0) is 17.4. The van der Waals surface area contributed by atoms with E-state index in [1.165, 1.54) is 0 Å². The predicted octanol–water partition coefficient (Wildman–Crippen LogP) is 2.40. The van der Waals surface area contributed by atoms with Crippen molar-refractivity contribution >= 4 is 15.7 Å². The molecular formula is C16H33NO4S. The molecule has 0 saturated carbocycles. The molecule has 0 saturated heterocycles. The predicted molar refractivity (Wildman–Crippen MR) is 90.6 cm³/mol. The molecule has 0 fully saturated rings. The van der Waals surface area contributed by atoms with Crippen LogP contribution >= 0.6 is 0 Å². The molecule has 6 heteroatoms. The maximum atomic E-state index is 11.6. The van der Waals surface area contributed by atoms with Gasteiger partial charge in [0.1, 0.15) is 0 Å². The van der Waals surface area contributed by atoms with Crippen LogP contribution in [0.3, 0.4) is 0 Å². The smallest absolute Gasteiger partial charge is 0.221 e. The molecular weight excluding hydrogens is 302 g/mol. The molecule has 0 rings (SSSR count). The monoisotopic (exact) mass is 335 g/mol. The second-order valence-corrected chi connectivity index (χ2v) is 9.78. The van der Waals surface area contributed by atoms with Crippen molar-refractivity contribution in [2.75, 3.05) is 24.7 Å². The first-order valence-electron chi connectivity index (χ1n) is 8.04. The van der Waals surface area contributed by atoms with Crippen LogP contribution in [0.5, 0.6) is 0 Å². The van der Waals surface area contributed by atoms with Gasteiger partial charge in [0.2, 0.25) is 5.91 Å². The largest absolute Gasteiger partial charge is 0.378 e. The lowest BCUT2D eigenvalue weighted by atomic mass is 9.90. The van der Waals surface area contributed by atoms with Gasteiger partial charge in [0.25, 0.3) is 0 Å². The van der Waals surface area contributed by atoms with Gasteiger partial charge < -0.3 is 10.1 Å². The molecule has 5 nitrogen and oxygen atoms in total. The van der Waals surface area contributed by atoms with Gasteiger partial charge in [0, 0.05) is 18.7 Å². The van der Waals surface area contributed by atoms with E-state index >= 15 is 0 Å². The molecule has 0 heterocycles. The average molecular weight is 336 g/mol. The summed E-state index contributed by atoms with van der Waals surface area (Å²) < 4.78 is 28.5. The summed E-state index contributed by atoms with van der Waals surface area (Å²) in [6.45, 7) is 13.3. The van der Waals surface area contributed by atoms with Crippen LogP contribution in [0.15, 0.2) is 0 Å². The zero-order valence-electron chi connectivity index (χ0n) is 14.9. The number of sulfone groups is 1. The van der Waals surface area contributed by atoms with Crippen molar-refractivity contribution in [3.63, 3.8) is 0 Å². The summed E-state index contributed by atoms with van der Waals surface area (Å²) in [7, 11) is -3.08. The van der Waals surface area contributed by atoms with Gasteiger partial charge in [-0.15, -0.1) is 0 Å². The summed E-state index contributed by atoms with van der Waals surface area (Å²) >= 11 is 0. The molecule has 1 amide bonds. The quantitative estimate of drug-likeness (QED) is 0.665. The van der Waals surface area contributed by atoms with Crippen LogP contribution in [-0.4, -0.2) is 45.1 Å². The molecule has 0 spiro atoms. The van der Waals surface area contributed by atoms with E-state index in [1.54, 1.807) is 6.92 Å². The first-order valence-corrected chi connectivity index (χ1v) is 9.86. The molecule has 2 atom stereocenters. The molecule has 0 aliphatic rings. The number of carbonyl (C=O) groups excluding carboxylic acids is 1. The Balaban J connectivity index is 3.89. The van der Waals surface area contributed by atoms with E-state index in [-0.39, 0.29) is 41.3 Å². The average Bonchev–Trinajstić information content (AvgIpc) is 2.39. The highest BCUT2D eigenvalue weighted by molar-refractivity contribution is 7.91. The highest BCUT2D eigenvalue weighted by Gasteiger charge is 2.17. The topological polar surface area (TPSA) is 72.5 Å². The molecule has 0 aromatic heterocycles. The van der Waals surface area contributed by atoms with Gasteiger partial charge in [0.15, 0.2) is 9.84 Å². The van der Waals surface area contributed by atoms with E-state index in [0.29, 0.717) is 13.2 Å². The first-order chi connectivity index (χ1) is 9.95. The molecule has 1 N–H and O–H groups in total. The van der Waals surface area contributed by atoms with E-state index in [1.807, 2.05) is 6.92 Å². The molecule has 0 aromatic carbocycles. The van der Waals surface area contributed by atoms with Crippen LogP contribution in [0.4, 0.5) is 0 Å². The van der Waals surface area contributed by atoms with Gasteiger partial charge in [-0.3, -0.25) is 4.79 Å². The highest BCUT2D eigenvalue weighted by Crippen LogP contribution is 2.22. The number of carbonyl (C=O) groups is 1. The summed E-state index contributed by atoms with van der Waals surface area (Å²) in [5.74, 6) is -0.0142. The van der Waals surface area contributed by atoms with Crippen LogP contribution in [0, 0.1) is 11.3 Å². The number of rotatable bonds is 10. The Morgan fingerprint density at radius 2 is 1.82 bits per heavy atom. The summed E-state index contributed by atoms with van der Waals surface area (Å²) in [6.07, 6.45) is 1.21. The van der Waals surface area contributed by atoms with Gasteiger partial charge in [0.05, 0.1) is 18.5 Å². The number of hydrogen-bond acceptors (Lipinski definition) is 4. The molecule has 2 unspecified atom stereocenters. The Hall–Kier alpha value is -0.620. The van der Waals surface area contributed by atoms with Gasteiger partial charge in [-0.1, -0.05) is 34.6 Å². The Morgan fingerprint density at radius 1 is 1.23 bits per heavy atom. The number of nitrogens with one attached hydrogen (secondary N) is 1. The number of ether oxygens (including phenoxy) is 1. The van der Waals surface area contributed by atoms with Crippen LogP contribution in [-0.2, 0) is 19.4 Å². The van der Waals surface area contributed by atoms with E-state index in [0.717, 1.165) is 6.42 Å². The minimum atomic E-state index is -3.08. The third-order valence-corrected chi connectivity index (χ3v) is 5.00. The molecule has 0 bridgehead atoms. The second kappa shape index (κ2) is 9.50. The van der Waals surface area contributed by atoms with Gasteiger partial charge in [-0.2, -0.15) is 0 Å². The standard InChI is InChI=1S/C16H33NO4S/c1-7-22(19,20)9-8-15(18)17-11-13(2)12-21-14(3)10-16(4,5)6/h13-14H,7-12H2,1-6H3,(H,17,18). The number of amides is 1. The molecule has 132 valence electrons. The fraction of sp³-hybridized carbons (Fsp3) is 0.938. The Bertz CT molecular complexity index is 426. The third-order valence-electron chi connectivity index (χ3n) is 3.29. The minimum absolute atomic E-state index is 0.0319. The van der Waals surface area contributed by atoms with Crippen molar-refractivity contribution < 1.29 is 17.9 Å².